The molecule has 0 bridgehead atoms. The molecule has 0 fully saturated rings. The van der Waals surface area contributed by atoms with Gasteiger partial charge in [0.05, 0.1) is 5.02 Å². The Morgan fingerprint density at radius 1 is 1.10 bits per heavy atom. The van der Waals surface area contributed by atoms with E-state index in [9.17, 15) is 9.59 Å². The molecule has 2 heterocycles. The van der Waals surface area contributed by atoms with Crippen LogP contribution in [0.4, 0.5) is 0 Å². The Labute approximate surface area is 173 Å². The monoisotopic (exact) mass is 416 g/mol. The number of Topliss-reactive ketones (excluding diaryl/α,β-unsaturated/α-hetero) is 1. The molecule has 0 amide bonds. The highest BCUT2D eigenvalue weighted by molar-refractivity contribution is 6.32. The Balaban J connectivity index is 1.61. The zero-order valence-electron chi connectivity index (χ0n) is 16.6. The highest BCUT2D eigenvalue weighted by atomic mass is 35.5. The summed E-state index contributed by atoms with van der Waals surface area (Å²) in [6, 6.07) is 8.76. The molecule has 0 N–H and O–H groups in total. The standard InChI is InChI=1S/C21H21ClN2O5/c1-12-5-6-17(22)19(7-12)27-11-21(26)28-10-18(25)16-8-13(2)24(15(16)4)20-9-14(3)29-23-20/h5-9H,10-11H2,1-4H3. The van der Waals surface area contributed by atoms with Gasteiger partial charge >= 0.3 is 5.97 Å². The summed E-state index contributed by atoms with van der Waals surface area (Å²) in [4.78, 5) is 24.5. The Bertz CT molecular complexity index is 1070. The van der Waals surface area contributed by atoms with Crippen molar-refractivity contribution in [3.05, 3.63) is 63.6 Å². The van der Waals surface area contributed by atoms with Gasteiger partial charge < -0.3 is 14.0 Å². The van der Waals surface area contributed by atoms with Crippen LogP contribution in [0.3, 0.4) is 0 Å². The van der Waals surface area contributed by atoms with Gasteiger partial charge in [-0.3, -0.25) is 9.36 Å². The number of hydrogen-bond donors (Lipinski definition) is 0. The molecule has 2 aromatic heterocycles. The van der Waals surface area contributed by atoms with Crippen LogP contribution in [0.1, 0.15) is 33.1 Å². The van der Waals surface area contributed by atoms with Crippen LogP contribution in [-0.4, -0.2) is 34.7 Å². The molecule has 1 aromatic carbocycles. The summed E-state index contributed by atoms with van der Waals surface area (Å²) in [5.74, 6) is 0.685. The summed E-state index contributed by atoms with van der Waals surface area (Å²) in [6.07, 6.45) is 0. The summed E-state index contributed by atoms with van der Waals surface area (Å²) in [5, 5.41) is 4.38. The smallest absolute Gasteiger partial charge is 0.344 e. The summed E-state index contributed by atoms with van der Waals surface area (Å²) in [5.41, 5.74) is 2.92. The third-order valence-corrected chi connectivity index (χ3v) is 4.68. The fourth-order valence-electron chi connectivity index (χ4n) is 2.98. The summed E-state index contributed by atoms with van der Waals surface area (Å²) >= 11 is 6.03. The maximum Gasteiger partial charge on any atom is 0.344 e. The van der Waals surface area contributed by atoms with E-state index in [1.54, 1.807) is 38.1 Å². The number of hydrogen-bond acceptors (Lipinski definition) is 6. The van der Waals surface area contributed by atoms with Crippen molar-refractivity contribution in [3.63, 3.8) is 0 Å². The van der Waals surface area contributed by atoms with Crippen molar-refractivity contribution in [2.24, 2.45) is 0 Å². The zero-order chi connectivity index (χ0) is 21.1. The second-order valence-corrected chi connectivity index (χ2v) is 7.13. The molecule has 0 aliphatic carbocycles. The van der Waals surface area contributed by atoms with Crippen LogP contribution < -0.4 is 4.74 Å². The number of esters is 1. The van der Waals surface area contributed by atoms with E-state index in [2.05, 4.69) is 5.16 Å². The lowest BCUT2D eigenvalue weighted by Gasteiger charge is -2.09. The molecule has 3 rings (SSSR count). The second kappa shape index (κ2) is 8.53. The van der Waals surface area contributed by atoms with Crippen LogP contribution in [0.2, 0.25) is 5.02 Å². The molecule has 0 radical (unpaired) electrons. The van der Waals surface area contributed by atoms with Crippen molar-refractivity contribution in [1.29, 1.82) is 0 Å². The number of nitrogens with zero attached hydrogens (tertiary/aromatic N) is 2. The van der Waals surface area contributed by atoms with E-state index in [4.69, 9.17) is 25.6 Å². The SMILES string of the molecule is Cc1ccc(Cl)c(OCC(=O)OCC(=O)c2cc(C)n(-c3cc(C)on3)c2C)c1. The van der Waals surface area contributed by atoms with Gasteiger partial charge in [0.25, 0.3) is 0 Å². The molecule has 0 unspecified atom stereocenters. The van der Waals surface area contributed by atoms with E-state index in [1.807, 2.05) is 24.5 Å². The van der Waals surface area contributed by atoms with Crippen molar-refractivity contribution in [1.82, 2.24) is 9.72 Å². The number of aryl methyl sites for hydroxylation is 3. The second-order valence-electron chi connectivity index (χ2n) is 6.72. The molecule has 0 aliphatic rings. The van der Waals surface area contributed by atoms with Crippen LogP contribution in [0.15, 0.2) is 34.9 Å². The molecule has 0 aliphatic heterocycles. The van der Waals surface area contributed by atoms with E-state index in [0.29, 0.717) is 33.6 Å². The molecule has 0 saturated heterocycles. The molecule has 29 heavy (non-hydrogen) atoms. The molecular formula is C21H21ClN2O5. The van der Waals surface area contributed by atoms with Gasteiger partial charge in [-0.1, -0.05) is 22.8 Å². The van der Waals surface area contributed by atoms with Crippen LogP contribution in [0.5, 0.6) is 5.75 Å². The van der Waals surface area contributed by atoms with Gasteiger partial charge in [0.15, 0.2) is 19.0 Å². The minimum absolute atomic E-state index is 0.313. The fourth-order valence-corrected chi connectivity index (χ4v) is 3.15. The van der Waals surface area contributed by atoms with Crippen LogP contribution in [-0.2, 0) is 9.53 Å². The van der Waals surface area contributed by atoms with Gasteiger partial charge in [-0.25, -0.2) is 4.79 Å². The van der Waals surface area contributed by atoms with Crippen molar-refractivity contribution in [2.45, 2.75) is 27.7 Å². The number of aromatic nitrogens is 2. The first-order valence-corrected chi connectivity index (χ1v) is 9.34. The molecule has 0 spiro atoms. The molecular weight excluding hydrogens is 396 g/mol. The number of ether oxygens (including phenoxy) is 2. The Morgan fingerprint density at radius 2 is 1.86 bits per heavy atom. The zero-order valence-corrected chi connectivity index (χ0v) is 17.4. The van der Waals surface area contributed by atoms with E-state index < -0.39 is 5.97 Å². The lowest BCUT2D eigenvalue weighted by molar-refractivity contribution is -0.144. The molecule has 0 saturated carbocycles. The maximum atomic E-state index is 12.5. The van der Waals surface area contributed by atoms with Crippen LogP contribution in [0.25, 0.3) is 5.82 Å². The van der Waals surface area contributed by atoms with Crippen molar-refractivity contribution in [2.75, 3.05) is 13.2 Å². The van der Waals surface area contributed by atoms with Crippen LogP contribution in [0, 0.1) is 27.7 Å². The normalized spacial score (nSPS) is 10.8. The quantitative estimate of drug-likeness (QED) is 0.425. The summed E-state index contributed by atoms with van der Waals surface area (Å²) < 4.78 is 17.4. The lowest BCUT2D eigenvalue weighted by Crippen LogP contribution is -2.20. The van der Waals surface area contributed by atoms with Gasteiger partial charge in [0.1, 0.15) is 11.5 Å². The molecule has 0 atom stereocenters. The van der Waals surface area contributed by atoms with Crippen molar-refractivity contribution >= 4 is 23.4 Å². The molecule has 3 aromatic rings. The van der Waals surface area contributed by atoms with Crippen molar-refractivity contribution in [3.8, 4) is 11.6 Å². The largest absolute Gasteiger partial charge is 0.480 e. The third-order valence-electron chi connectivity index (χ3n) is 4.37. The predicted molar refractivity (Wildman–Crippen MR) is 107 cm³/mol. The number of rotatable bonds is 7. The molecule has 7 nitrogen and oxygen atoms in total. The first kappa shape index (κ1) is 20.7. The number of ketones is 1. The number of carbonyl (C=O) groups excluding carboxylic acids is 2. The Hall–Kier alpha value is -3.06. The highest BCUT2D eigenvalue weighted by Crippen LogP contribution is 2.25. The predicted octanol–water partition coefficient (Wildman–Crippen LogP) is 4.16. The average Bonchev–Trinajstić information content (AvgIpc) is 3.22. The lowest BCUT2D eigenvalue weighted by atomic mass is 10.1. The average molecular weight is 417 g/mol. The van der Waals surface area contributed by atoms with E-state index >= 15 is 0 Å². The first-order valence-electron chi connectivity index (χ1n) is 8.96. The van der Waals surface area contributed by atoms with Gasteiger partial charge in [0.2, 0.25) is 5.78 Å². The van der Waals surface area contributed by atoms with E-state index in [-0.39, 0.29) is 19.0 Å². The highest BCUT2D eigenvalue weighted by Gasteiger charge is 2.20. The maximum absolute atomic E-state index is 12.5. The topological polar surface area (TPSA) is 83.6 Å². The first-order chi connectivity index (χ1) is 13.8. The molecule has 8 heteroatoms. The van der Waals surface area contributed by atoms with Gasteiger partial charge in [-0.15, -0.1) is 0 Å². The Kier molecular flexibility index (Phi) is 6.08. The van der Waals surface area contributed by atoms with Crippen molar-refractivity contribution < 1.29 is 23.6 Å². The fraction of sp³-hybridized carbons (Fsp3) is 0.286. The van der Waals surface area contributed by atoms with E-state index in [1.165, 1.54) is 0 Å². The van der Waals surface area contributed by atoms with Gasteiger partial charge in [0, 0.05) is 23.0 Å². The third kappa shape index (κ3) is 4.68. The Morgan fingerprint density at radius 3 is 2.55 bits per heavy atom. The van der Waals surface area contributed by atoms with Crippen LogP contribution >= 0.6 is 11.6 Å². The summed E-state index contributed by atoms with van der Waals surface area (Å²) in [7, 11) is 0. The number of benzene rings is 1. The van der Waals surface area contributed by atoms with Gasteiger partial charge in [-0.2, -0.15) is 0 Å². The summed E-state index contributed by atoms with van der Waals surface area (Å²) in [6.45, 7) is 6.62. The van der Waals surface area contributed by atoms with E-state index in [0.717, 1.165) is 11.3 Å². The number of halogens is 1. The van der Waals surface area contributed by atoms with Gasteiger partial charge in [-0.05, 0) is 51.5 Å². The minimum atomic E-state index is -0.656. The minimum Gasteiger partial charge on any atom is -0.480 e. The number of carbonyl (C=O) groups is 2. The molecule has 152 valence electrons.